The average molecular weight is 388 g/mol. The summed E-state index contributed by atoms with van der Waals surface area (Å²) in [4.78, 5) is 8.38. The van der Waals surface area contributed by atoms with Gasteiger partial charge in [0.05, 0.1) is 29.4 Å². The smallest absolute Gasteiger partial charge is 0.417 e. The maximum Gasteiger partial charge on any atom is 0.417 e. The van der Waals surface area contributed by atoms with Gasteiger partial charge in [-0.1, -0.05) is 11.6 Å². The summed E-state index contributed by atoms with van der Waals surface area (Å²) in [5.74, 6) is -0.628. The molecule has 0 spiro atoms. The van der Waals surface area contributed by atoms with Crippen LogP contribution in [0.15, 0.2) is 29.3 Å². The van der Waals surface area contributed by atoms with Crippen molar-refractivity contribution >= 4 is 23.0 Å². The normalized spacial score (nSPS) is 17.0. The molecular formula is C17H14ClF4N3O. The van der Waals surface area contributed by atoms with Gasteiger partial charge < -0.3 is 10.1 Å². The Bertz CT molecular complexity index is 883. The molecule has 0 aliphatic carbocycles. The van der Waals surface area contributed by atoms with E-state index < -0.39 is 22.6 Å². The first-order valence-corrected chi connectivity index (χ1v) is 8.02. The number of nitrogens with zero attached hydrogens (tertiary/aromatic N) is 2. The molecule has 0 fully saturated rings. The number of nitrogens with one attached hydrogen (secondary N) is 1. The van der Waals surface area contributed by atoms with Crippen LogP contribution < -0.4 is 10.1 Å². The van der Waals surface area contributed by atoms with E-state index >= 15 is 0 Å². The number of pyridine rings is 1. The lowest BCUT2D eigenvalue weighted by molar-refractivity contribution is -0.137. The summed E-state index contributed by atoms with van der Waals surface area (Å²) >= 11 is 6.08. The number of hydrogen-bond acceptors (Lipinski definition) is 4. The molecule has 1 aromatic heterocycles. The number of benzene rings is 1. The van der Waals surface area contributed by atoms with Gasteiger partial charge in [0.2, 0.25) is 5.88 Å². The van der Waals surface area contributed by atoms with E-state index in [1.165, 1.54) is 19.2 Å². The molecule has 26 heavy (non-hydrogen) atoms. The van der Waals surface area contributed by atoms with Crippen LogP contribution in [0.1, 0.15) is 23.7 Å². The van der Waals surface area contributed by atoms with Crippen LogP contribution in [0.25, 0.3) is 0 Å². The summed E-state index contributed by atoms with van der Waals surface area (Å²) in [6.07, 6.45) is -4.66. The van der Waals surface area contributed by atoms with Gasteiger partial charge in [0.1, 0.15) is 5.69 Å². The Morgan fingerprint density at radius 1 is 1.23 bits per heavy atom. The summed E-state index contributed by atoms with van der Waals surface area (Å²) in [7, 11) is 1.35. The monoisotopic (exact) mass is 387 g/mol. The van der Waals surface area contributed by atoms with E-state index in [4.69, 9.17) is 16.3 Å². The Labute approximate surface area is 151 Å². The number of alkyl halides is 3. The summed E-state index contributed by atoms with van der Waals surface area (Å²) in [5.41, 5.74) is -1.00. The molecule has 138 valence electrons. The van der Waals surface area contributed by atoms with Gasteiger partial charge in [-0.15, -0.1) is 0 Å². The Kier molecular flexibility index (Phi) is 4.79. The van der Waals surface area contributed by atoms with Crippen LogP contribution in [-0.2, 0) is 6.18 Å². The fraction of sp³-hybridized carbons (Fsp3) is 0.294. The van der Waals surface area contributed by atoms with Crippen molar-refractivity contribution in [2.24, 2.45) is 4.99 Å². The second kappa shape index (κ2) is 6.75. The van der Waals surface area contributed by atoms with Gasteiger partial charge in [-0.3, -0.25) is 4.99 Å². The van der Waals surface area contributed by atoms with Crippen molar-refractivity contribution in [1.29, 1.82) is 0 Å². The van der Waals surface area contributed by atoms with Crippen LogP contribution in [0.3, 0.4) is 0 Å². The quantitative estimate of drug-likeness (QED) is 0.769. The van der Waals surface area contributed by atoms with Crippen LogP contribution in [0.5, 0.6) is 5.88 Å². The average Bonchev–Trinajstić information content (AvgIpc) is 2.74. The third-order valence-corrected chi connectivity index (χ3v) is 4.27. The summed E-state index contributed by atoms with van der Waals surface area (Å²) in [5, 5.41) is 2.44. The molecule has 1 aromatic carbocycles. The highest BCUT2D eigenvalue weighted by atomic mass is 35.5. The number of anilines is 1. The van der Waals surface area contributed by atoms with Crippen molar-refractivity contribution < 1.29 is 22.3 Å². The van der Waals surface area contributed by atoms with E-state index in [9.17, 15) is 17.6 Å². The minimum absolute atomic E-state index is 0.0366. The zero-order valence-corrected chi connectivity index (χ0v) is 14.5. The third-order valence-electron chi connectivity index (χ3n) is 3.88. The summed E-state index contributed by atoms with van der Waals surface area (Å²) < 4.78 is 59.2. The standard InChI is InChI=1S/C17H14ClF4N3O/c1-8-7-23-11-5-3-9(17(20,21)22)14(18)13(11)16(24-8)15-10(19)4-6-12(25-15)26-2/h3-6,8,23H,7H2,1-2H3/t8-/m0/s1. The van der Waals surface area contributed by atoms with Gasteiger partial charge in [-0.2, -0.15) is 13.2 Å². The number of methoxy groups -OCH3 is 1. The number of rotatable bonds is 2. The number of aromatic nitrogens is 1. The number of aliphatic imine (C=N–C) groups is 1. The lowest BCUT2D eigenvalue weighted by Crippen LogP contribution is -2.15. The molecule has 1 aliphatic heterocycles. The van der Waals surface area contributed by atoms with Crippen molar-refractivity contribution in [3.63, 3.8) is 0 Å². The van der Waals surface area contributed by atoms with Crippen LogP contribution in [-0.4, -0.2) is 30.4 Å². The number of fused-ring (bicyclic) bond motifs is 1. The van der Waals surface area contributed by atoms with E-state index in [0.29, 0.717) is 12.2 Å². The van der Waals surface area contributed by atoms with Crippen molar-refractivity contribution in [3.05, 3.63) is 51.9 Å². The van der Waals surface area contributed by atoms with Crippen molar-refractivity contribution in [2.45, 2.75) is 19.1 Å². The van der Waals surface area contributed by atoms with Crippen LogP contribution in [0, 0.1) is 5.82 Å². The number of ether oxygens (including phenoxy) is 1. The first-order valence-electron chi connectivity index (χ1n) is 7.65. The zero-order chi connectivity index (χ0) is 19.1. The minimum Gasteiger partial charge on any atom is -0.481 e. The van der Waals surface area contributed by atoms with E-state index in [1.807, 2.05) is 0 Å². The molecule has 9 heteroatoms. The summed E-state index contributed by atoms with van der Waals surface area (Å²) in [6.45, 7) is 2.10. The van der Waals surface area contributed by atoms with Gasteiger partial charge in [-0.05, 0) is 25.1 Å². The molecule has 0 radical (unpaired) electrons. The molecule has 1 aliphatic rings. The first kappa shape index (κ1) is 18.4. The maximum atomic E-state index is 14.4. The molecule has 1 N–H and O–H groups in total. The molecule has 4 nitrogen and oxygen atoms in total. The minimum atomic E-state index is -4.66. The highest BCUT2D eigenvalue weighted by Gasteiger charge is 2.36. The Morgan fingerprint density at radius 3 is 2.62 bits per heavy atom. The first-order chi connectivity index (χ1) is 12.2. The molecule has 2 heterocycles. The molecule has 0 bridgehead atoms. The Balaban J connectivity index is 2.30. The van der Waals surface area contributed by atoms with E-state index in [0.717, 1.165) is 12.1 Å². The van der Waals surface area contributed by atoms with Gasteiger partial charge in [-0.25, -0.2) is 9.37 Å². The van der Waals surface area contributed by atoms with Crippen molar-refractivity contribution in [3.8, 4) is 5.88 Å². The number of hydrogen-bond donors (Lipinski definition) is 1. The van der Waals surface area contributed by atoms with Gasteiger partial charge in [0, 0.05) is 23.9 Å². The Hall–Kier alpha value is -2.35. The third kappa shape index (κ3) is 3.33. The SMILES string of the molecule is COc1ccc(F)c(C2=N[C@@H](C)CNc3ccc(C(F)(F)F)c(Cl)c32)n1. The lowest BCUT2D eigenvalue weighted by Gasteiger charge is -2.17. The lowest BCUT2D eigenvalue weighted by atomic mass is 10.0. The van der Waals surface area contributed by atoms with E-state index in [1.54, 1.807) is 6.92 Å². The predicted molar refractivity (Wildman–Crippen MR) is 90.8 cm³/mol. The maximum absolute atomic E-state index is 14.4. The van der Waals surface area contributed by atoms with Crippen LogP contribution in [0.4, 0.5) is 23.2 Å². The van der Waals surface area contributed by atoms with Crippen LogP contribution >= 0.6 is 11.6 Å². The second-order valence-electron chi connectivity index (χ2n) is 5.74. The molecule has 0 amide bonds. The van der Waals surface area contributed by atoms with E-state index in [2.05, 4.69) is 15.3 Å². The fourth-order valence-electron chi connectivity index (χ4n) is 2.65. The van der Waals surface area contributed by atoms with Gasteiger partial charge in [0.25, 0.3) is 0 Å². The molecule has 2 aromatic rings. The molecule has 0 saturated heterocycles. The van der Waals surface area contributed by atoms with Crippen molar-refractivity contribution in [1.82, 2.24) is 4.98 Å². The second-order valence-corrected chi connectivity index (χ2v) is 6.12. The van der Waals surface area contributed by atoms with Crippen molar-refractivity contribution in [2.75, 3.05) is 19.0 Å². The zero-order valence-electron chi connectivity index (χ0n) is 13.8. The number of halogens is 5. The summed E-state index contributed by atoms with van der Waals surface area (Å²) in [6, 6.07) is 4.24. The highest BCUT2D eigenvalue weighted by Crippen LogP contribution is 2.40. The molecule has 0 saturated carbocycles. The number of benzodiazepines with no additional fused rings is 1. The van der Waals surface area contributed by atoms with Gasteiger partial charge >= 0.3 is 6.18 Å². The van der Waals surface area contributed by atoms with E-state index in [-0.39, 0.29) is 28.9 Å². The molecule has 0 unspecified atom stereocenters. The fourth-order valence-corrected chi connectivity index (χ4v) is 3.01. The Morgan fingerprint density at radius 2 is 1.96 bits per heavy atom. The molecule has 3 rings (SSSR count). The topological polar surface area (TPSA) is 46.5 Å². The largest absolute Gasteiger partial charge is 0.481 e. The van der Waals surface area contributed by atoms with Crippen LogP contribution in [0.2, 0.25) is 5.02 Å². The molecule has 1 atom stereocenters. The highest BCUT2D eigenvalue weighted by molar-refractivity contribution is 6.37. The van der Waals surface area contributed by atoms with Gasteiger partial charge in [0.15, 0.2) is 5.82 Å². The predicted octanol–water partition coefficient (Wildman–Crippen LogP) is 4.55. The molecular weight excluding hydrogens is 374 g/mol.